The van der Waals surface area contributed by atoms with Crippen LogP contribution in [0.5, 0.6) is 0 Å². The Morgan fingerprint density at radius 1 is 1.06 bits per heavy atom. The van der Waals surface area contributed by atoms with Gasteiger partial charge in [0.1, 0.15) is 0 Å². The summed E-state index contributed by atoms with van der Waals surface area (Å²) in [5.41, 5.74) is 1.05. The summed E-state index contributed by atoms with van der Waals surface area (Å²) < 4.78 is 38.1. The molecule has 162 valence electrons. The Hall–Kier alpha value is -3.40. The van der Waals surface area contributed by atoms with Crippen molar-refractivity contribution in [1.29, 1.82) is 0 Å². The van der Waals surface area contributed by atoms with E-state index < -0.39 is 16.7 Å². The molecule has 1 fully saturated rings. The van der Waals surface area contributed by atoms with Crippen molar-refractivity contribution in [3.8, 4) is 0 Å². The third kappa shape index (κ3) is 4.38. The molecule has 1 aromatic heterocycles. The average Bonchev–Trinajstić information content (AvgIpc) is 3.17. The standard InChI is InChI=1S/C21H19F3N4O3/c22-21(23,24)15-3-1-14(2-4-15)13-26-7-9-27(10-8-26)20(29)18-12-25-19-6-5-16(28(30)31)11-17(18)19/h1-6,11-12,25H,7-10,13H2. The number of hydrogen-bond donors (Lipinski definition) is 1. The van der Waals surface area contributed by atoms with Gasteiger partial charge in [0.25, 0.3) is 11.6 Å². The van der Waals surface area contributed by atoms with Crippen LogP contribution in [0, 0.1) is 10.1 Å². The molecule has 1 saturated heterocycles. The normalized spacial score (nSPS) is 15.4. The molecule has 0 aliphatic carbocycles. The van der Waals surface area contributed by atoms with Crippen LogP contribution in [0.2, 0.25) is 0 Å². The number of benzene rings is 2. The molecular formula is C21H19F3N4O3. The van der Waals surface area contributed by atoms with Crippen molar-refractivity contribution in [2.45, 2.75) is 12.7 Å². The zero-order chi connectivity index (χ0) is 22.2. The van der Waals surface area contributed by atoms with Crippen LogP contribution in [0.1, 0.15) is 21.5 Å². The van der Waals surface area contributed by atoms with Gasteiger partial charge in [-0.05, 0) is 23.8 Å². The molecule has 0 saturated carbocycles. The quantitative estimate of drug-likeness (QED) is 0.498. The number of amides is 1. The molecule has 0 radical (unpaired) electrons. The summed E-state index contributed by atoms with van der Waals surface area (Å²) >= 11 is 0. The lowest BCUT2D eigenvalue weighted by Crippen LogP contribution is -2.48. The van der Waals surface area contributed by atoms with E-state index in [0.29, 0.717) is 49.2 Å². The van der Waals surface area contributed by atoms with Gasteiger partial charge in [0, 0.05) is 62.0 Å². The lowest BCUT2D eigenvalue weighted by atomic mass is 10.1. The lowest BCUT2D eigenvalue weighted by molar-refractivity contribution is -0.384. The number of H-pyrrole nitrogens is 1. The largest absolute Gasteiger partial charge is 0.416 e. The van der Waals surface area contributed by atoms with Crippen molar-refractivity contribution in [1.82, 2.24) is 14.8 Å². The number of fused-ring (bicyclic) bond motifs is 1. The lowest BCUT2D eigenvalue weighted by Gasteiger charge is -2.34. The number of nitro groups is 1. The van der Waals surface area contributed by atoms with E-state index in [9.17, 15) is 28.1 Å². The van der Waals surface area contributed by atoms with Crippen LogP contribution in [0.4, 0.5) is 18.9 Å². The van der Waals surface area contributed by atoms with E-state index in [1.54, 1.807) is 17.2 Å². The maximum Gasteiger partial charge on any atom is 0.416 e. The summed E-state index contributed by atoms with van der Waals surface area (Å²) in [6.07, 6.45) is -2.79. The minimum Gasteiger partial charge on any atom is -0.360 e. The third-order valence-corrected chi connectivity index (χ3v) is 5.45. The Morgan fingerprint density at radius 2 is 1.74 bits per heavy atom. The highest BCUT2D eigenvalue weighted by molar-refractivity contribution is 6.07. The maximum absolute atomic E-state index is 13.0. The van der Waals surface area contributed by atoms with Crippen LogP contribution in [0.15, 0.2) is 48.7 Å². The topological polar surface area (TPSA) is 82.5 Å². The Bertz CT molecular complexity index is 1120. The molecular weight excluding hydrogens is 413 g/mol. The Morgan fingerprint density at radius 3 is 2.35 bits per heavy atom. The number of alkyl halides is 3. The molecule has 2 heterocycles. The highest BCUT2D eigenvalue weighted by Gasteiger charge is 2.30. The monoisotopic (exact) mass is 432 g/mol. The van der Waals surface area contributed by atoms with E-state index in [2.05, 4.69) is 9.88 Å². The molecule has 3 aromatic rings. The first-order valence-electron chi connectivity index (χ1n) is 9.65. The molecule has 0 spiro atoms. The number of carbonyl (C=O) groups excluding carboxylic acids is 1. The molecule has 1 aliphatic heterocycles. The number of piperazine rings is 1. The van der Waals surface area contributed by atoms with Crippen LogP contribution in [0.25, 0.3) is 10.9 Å². The van der Waals surface area contributed by atoms with Gasteiger partial charge in [-0.2, -0.15) is 13.2 Å². The number of hydrogen-bond acceptors (Lipinski definition) is 4. The molecule has 10 heteroatoms. The molecule has 1 amide bonds. The average molecular weight is 432 g/mol. The molecule has 4 rings (SSSR count). The number of aromatic nitrogens is 1. The number of nitrogens with one attached hydrogen (secondary N) is 1. The summed E-state index contributed by atoms with van der Waals surface area (Å²) in [6.45, 7) is 2.58. The molecule has 31 heavy (non-hydrogen) atoms. The van der Waals surface area contributed by atoms with Gasteiger partial charge < -0.3 is 9.88 Å². The highest BCUT2D eigenvalue weighted by atomic mass is 19.4. The van der Waals surface area contributed by atoms with Gasteiger partial charge in [0.05, 0.1) is 16.1 Å². The smallest absolute Gasteiger partial charge is 0.360 e. The number of rotatable bonds is 4. The van der Waals surface area contributed by atoms with Crippen LogP contribution >= 0.6 is 0 Å². The van der Waals surface area contributed by atoms with E-state index in [1.165, 1.54) is 24.3 Å². The summed E-state index contributed by atoms with van der Waals surface area (Å²) in [5.74, 6) is -0.207. The highest BCUT2D eigenvalue weighted by Crippen LogP contribution is 2.29. The maximum atomic E-state index is 13.0. The predicted molar refractivity (Wildman–Crippen MR) is 108 cm³/mol. The molecule has 0 bridgehead atoms. The van der Waals surface area contributed by atoms with Crippen molar-refractivity contribution in [2.75, 3.05) is 26.2 Å². The molecule has 0 unspecified atom stereocenters. The number of halogens is 3. The van der Waals surface area contributed by atoms with Crippen LogP contribution < -0.4 is 0 Å². The SMILES string of the molecule is O=C(c1c[nH]c2ccc([N+](=O)[O-])cc12)N1CCN(Cc2ccc(C(F)(F)F)cc2)CC1. The minimum absolute atomic E-state index is 0.0810. The summed E-state index contributed by atoms with van der Waals surface area (Å²) in [5, 5.41) is 11.5. The van der Waals surface area contributed by atoms with Gasteiger partial charge in [0.15, 0.2) is 0 Å². The molecule has 2 aromatic carbocycles. The number of non-ortho nitro benzene ring substituents is 1. The number of nitro benzene ring substituents is 1. The predicted octanol–water partition coefficient (Wildman–Crippen LogP) is 4.05. The number of aromatic amines is 1. The Kier molecular flexibility index (Phi) is 5.40. The van der Waals surface area contributed by atoms with Gasteiger partial charge in [-0.3, -0.25) is 19.8 Å². The second kappa shape index (κ2) is 8.03. The van der Waals surface area contributed by atoms with Gasteiger partial charge in [-0.15, -0.1) is 0 Å². The van der Waals surface area contributed by atoms with Crippen LogP contribution in [-0.2, 0) is 12.7 Å². The first kappa shape index (κ1) is 20.9. The van der Waals surface area contributed by atoms with E-state index in [-0.39, 0.29) is 11.6 Å². The molecule has 1 aliphatic rings. The second-order valence-electron chi connectivity index (χ2n) is 7.45. The zero-order valence-electron chi connectivity index (χ0n) is 16.4. The van der Waals surface area contributed by atoms with E-state index in [0.717, 1.165) is 17.7 Å². The van der Waals surface area contributed by atoms with E-state index in [4.69, 9.17) is 0 Å². The van der Waals surface area contributed by atoms with Crippen molar-refractivity contribution in [2.24, 2.45) is 0 Å². The third-order valence-electron chi connectivity index (χ3n) is 5.45. The Balaban J connectivity index is 1.40. The van der Waals surface area contributed by atoms with Crippen molar-refractivity contribution in [3.63, 3.8) is 0 Å². The molecule has 1 N–H and O–H groups in total. The second-order valence-corrected chi connectivity index (χ2v) is 7.45. The van der Waals surface area contributed by atoms with Crippen LogP contribution in [0.3, 0.4) is 0 Å². The molecule has 0 atom stereocenters. The zero-order valence-corrected chi connectivity index (χ0v) is 16.4. The first-order valence-corrected chi connectivity index (χ1v) is 9.65. The fourth-order valence-corrected chi connectivity index (χ4v) is 3.74. The molecule has 7 nitrogen and oxygen atoms in total. The number of nitrogens with zero attached hydrogens (tertiary/aromatic N) is 3. The number of carbonyl (C=O) groups is 1. The minimum atomic E-state index is -4.35. The van der Waals surface area contributed by atoms with Crippen molar-refractivity contribution >= 4 is 22.5 Å². The van der Waals surface area contributed by atoms with E-state index in [1.807, 2.05) is 0 Å². The van der Waals surface area contributed by atoms with E-state index >= 15 is 0 Å². The summed E-state index contributed by atoms with van der Waals surface area (Å²) in [4.78, 5) is 30.2. The fourth-order valence-electron chi connectivity index (χ4n) is 3.74. The van der Waals surface area contributed by atoms with Crippen molar-refractivity contribution < 1.29 is 22.9 Å². The van der Waals surface area contributed by atoms with Crippen LogP contribution in [-0.4, -0.2) is 51.8 Å². The van der Waals surface area contributed by atoms with Gasteiger partial charge >= 0.3 is 6.18 Å². The van der Waals surface area contributed by atoms with Gasteiger partial charge in [-0.25, -0.2) is 0 Å². The fraction of sp³-hybridized carbons (Fsp3) is 0.286. The van der Waals surface area contributed by atoms with Crippen molar-refractivity contribution in [3.05, 3.63) is 75.5 Å². The Labute approximate surface area is 175 Å². The van der Waals surface area contributed by atoms with Gasteiger partial charge in [-0.1, -0.05) is 12.1 Å². The van der Waals surface area contributed by atoms with Gasteiger partial charge in [0.2, 0.25) is 0 Å². The summed E-state index contributed by atoms with van der Waals surface area (Å²) in [6, 6.07) is 9.44. The first-order chi connectivity index (χ1) is 14.7. The summed E-state index contributed by atoms with van der Waals surface area (Å²) in [7, 11) is 0.